The van der Waals surface area contributed by atoms with Crippen LogP contribution in [0.2, 0.25) is 0 Å². The van der Waals surface area contributed by atoms with Crippen molar-refractivity contribution < 1.29 is 4.79 Å². The lowest BCUT2D eigenvalue weighted by Crippen LogP contribution is -2.33. The fourth-order valence-electron chi connectivity index (χ4n) is 3.38. The van der Waals surface area contributed by atoms with Crippen LogP contribution in [0.1, 0.15) is 40.7 Å². The van der Waals surface area contributed by atoms with E-state index in [1.807, 2.05) is 38.7 Å². The number of carbonyl (C=O) groups excluding carboxylic acids is 1. The number of hydrogen-bond acceptors (Lipinski definition) is 5. The number of hydrogen-bond donors (Lipinski definition) is 0. The molecular weight excluding hydrogens is 370 g/mol. The molecule has 0 bridgehead atoms. The van der Waals surface area contributed by atoms with Crippen molar-refractivity contribution in [3.8, 4) is 0 Å². The number of anilines is 1. The molecule has 0 spiro atoms. The number of rotatable bonds is 7. The third-order valence-corrected chi connectivity index (χ3v) is 5.81. The van der Waals surface area contributed by atoms with E-state index in [9.17, 15) is 4.79 Å². The Morgan fingerprint density at radius 2 is 1.89 bits per heavy atom. The van der Waals surface area contributed by atoms with Crippen molar-refractivity contribution in [3.05, 3.63) is 40.7 Å². The van der Waals surface area contributed by atoms with E-state index in [0.717, 1.165) is 46.1 Å². The Hall–Kier alpha value is -2.25. The summed E-state index contributed by atoms with van der Waals surface area (Å²) in [6.07, 6.45) is 0.875. The van der Waals surface area contributed by atoms with E-state index in [0.29, 0.717) is 12.2 Å². The van der Waals surface area contributed by atoms with Crippen molar-refractivity contribution in [2.75, 3.05) is 32.1 Å². The predicted octanol–water partition coefficient (Wildman–Crippen LogP) is 4.04. The molecule has 0 atom stereocenters. The number of aromatic nitrogens is 3. The third kappa shape index (κ3) is 4.25. The molecule has 2 heterocycles. The average Bonchev–Trinajstić information content (AvgIpc) is 3.21. The van der Waals surface area contributed by atoms with Crippen LogP contribution in [0.4, 0.5) is 5.13 Å². The fraction of sp³-hybridized carbons (Fsp3) is 0.476. The minimum Gasteiger partial charge on any atom is -0.309 e. The van der Waals surface area contributed by atoms with Gasteiger partial charge in [-0.3, -0.25) is 14.4 Å². The molecule has 7 heteroatoms. The Morgan fingerprint density at radius 3 is 2.54 bits per heavy atom. The van der Waals surface area contributed by atoms with Crippen LogP contribution < -0.4 is 4.90 Å². The van der Waals surface area contributed by atoms with E-state index >= 15 is 0 Å². The average molecular weight is 400 g/mol. The molecule has 1 amide bonds. The molecule has 6 nitrogen and oxygen atoms in total. The second-order valence-electron chi connectivity index (χ2n) is 7.53. The molecule has 28 heavy (non-hydrogen) atoms. The molecule has 0 saturated heterocycles. The summed E-state index contributed by atoms with van der Waals surface area (Å²) in [6, 6.07) is 6.14. The molecule has 0 saturated carbocycles. The number of aryl methyl sites for hydroxylation is 4. The minimum atomic E-state index is -0.0810. The van der Waals surface area contributed by atoms with Crippen LogP contribution in [-0.2, 0) is 6.54 Å². The normalized spacial score (nSPS) is 11.5. The first-order valence-electron chi connectivity index (χ1n) is 9.69. The lowest BCUT2D eigenvalue weighted by atomic mass is 10.1. The number of benzene rings is 1. The highest BCUT2D eigenvalue weighted by Crippen LogP contribution is 2.32. The summed E-state index contributed by atoms with van der Waals surface area (Å²) in [6.45, 7) is 10.5. The smallest absolute Gasteiger partial charge is 0.280 e. The molecule has 0 aliphatic rings. The van der Waals surface area contributed by atoms with Gasteiger partial charge >= 0.3 is 0 Å². The van der Waals surface area contributed by atoms with E-state index in [1.54, 1.807) is 16.2 Å². The van der Waals surface area contributed by atoms with Gasteiger partial charge in [0.1, 0.15) is 0 Å². The SMILES string of the molecule is CCn1nc(C(=O)N(CCCN(C)C)c2nc3c(C)cc(C)cc3s2)cc1C. The monoisotopic (exact) mass is 399 g/mol. The molecule has 0 aliphatic heterocycles. The third-order valence-electron chi connectivity index (χ3n) is 4.78. The van der Waals surface area contributed by atoms with Gasteiger partial charge in [-0.25, -0.2) is 4.98 Å². The van der Waals surface area contributed by atoms with Gasteiger partial charge in [0.25, 0.3) is 5.91 Å². The summed E-state index contributed by atoms with van der Waals surface area (Å²) in [5.41, 5.74) is 4.81. The Kier molecular flexibility index (Phi) is 6.15. The van der Waals surface area contributed by atoms with Crippen LogP contribution in [-0.4, -0.2) is 52.8 Å². The highest BCUT2D eigenvalue weighted by molar-refractivity contribution is 7.22. The number of thiazole rings is 1. The first-order chi connectivity index (χ1) is 13.3. The van der Waals surface area contributed by atoms with Crippen molar-refractivity contribution in [2.24, 2.45) is 0 Å². The predicted molar refractivity (Wildman–Crippen MR) is 117 cm³/mol. The molecule has 0 aliphatic carbocycles. The van der Waals surface area contributed by atoms with Gasteiger partial charge in [0.05, 0.1) is 10.2 Å². The maximum atomic E-state index is 13.3. The summed E-state index contributed by atoms with van der Waals surface area (Å²) in [7, 11) is 4.09. The topological polar surface area (TPSA) is 54.3 Å². The van der Waals surface area contributed by atoms with Crippen molar-refractivity contribution in [1.82, 2.24) is 19.7 Å². The van der Waals surface area contributed by atoms with Crippen LogP contribution in [0.15, 0.2) is 18.2 Å². The Bertz CT molecular complexity index is 988. The molecule has 0 fully saturated rings. The second kappa shape index (κ2) is 8.41. The fourth-order valence-corrected chi connectivity index (χ4v) is 4.54. The molecule has 3 rings (SSSR count). The summed E-state index contributed by atoms with van der Waals surface area (Å²) in [5.74, 6) is -0.0810. The van der Waals surface area contributed by atoms with Crippen molar-refractivity contribution in [3.63, 3.8) is 0 Å². The van der Waals surface area contributed by atoms with Gasteiger partial charge in [-0.1, -0.05) is 17.4 Å². The van der Waals surface area contributed by atoms with Gasteiger partial charge in [-0.2, -0.15) is 5.10 Å². The molecule has 1 aromatic carbocycles. The first kappa shape index (κ1) is 20.5. The quantitative estimate of drug-likeness (QED) is 0.602. The zero-order valence-electron chi connectivity index (χ0n) is 17.6. The summed E-state index contributed by atoms with van der Waals surface area (Å²) >= 11 is 1.58. The van der Waals surface area contributed by atoms with Gasteiger partial charge in [-0.15, -0.1) is 0 Å². The Morgan fingerprint density at radius 1 is 1.14 bits per heavy atom. The van der Waals surface area contributed by atoms with E-state index < -0.39 is 0 Å². The van der Waals surface area contributed by atoms with Crippen LogP contribution in [0.25, 0.3) is 10.2 Å². The maximum absolute atomic E-state index is 13.3. The molecular formula is C21H29N5OS. The molecule has 0 radical (unpaired) electrons. The van der Waals surface area contributed by atoms with E-state index in [1.165, 1.54) is 5.56 Å². The number of fused-ring (bicyclic) bond motifs is 1. The van der Waals surface area contributed by atoms with E-state index in [-0.39, 0.29) is 5.91 Å². The standard InChI is InChI=1S/C21H29N5OS/c1-7-26-16(4)13-17(23-26)20(27)25(10-8-9-24(5)6)21-22-19-15(3)11-14(2)12-18(19)28-21/h11-13H,7-10H2,1-6H3. The zero-order valence-corrected chi connectivity index (χ0v) is 18.4. The molecule has 3 aromatic rings. The van der Waals surface area contributed by atoms with E-state index in [4.69, 9.17) is 4.98 Å². The molecule has 0 N–H and O–H groups in total. The van der Waals surface area contributed by atoms with Gasteiger partial charge in [0, 0.05) is 18.8 Å². The number of nitrogens with zero attached hydrogens (tertiary/aromatic N) is 5. The summed E-state index contributed by atoms with van der Waals surface area (Å²) < 4.78 is 2.98. The Labute approximate surface area is 170 Å². The van der Waals surface area contributed by atoms with Crippen LogP contribution in [0.5, 0.6) is 0 Å². The van der Waals surface area contributed by atoms with Gasteiger partial charge in [-0.05, 0) is 78.0 Å². The molecule has 2 aromatic heterocycles. The lowest BCUT2D eigenvalue weighted by molar-refractivity contribution is 0.0980. The van der Waals surface area contributed by atoms with Gasteiger partial charge in [0.15, 0.2) is 10.8 Å². The number of carbonyl (C=O) groups is 1. The first-order valence-corrected chi connectivity index (χ1v) is 10.5. The van der Waals surface area contributed by atoms with Gasteiger partial charge < -0.3 is 4.90 Å². The highest BCUT2D eigenvalue weighted by atomic mass is 32.1. The largest absolute Gasteiger partial charge is 0.309 e. The highest BCUT2D eigenvalue weighted by Gasteiger charge is 2.24. The van der Waals surface area contributed by atoms with Crippen LogP contribution in [0.3, 0.4) is 0 Å². The van der Waals surface area contributed by atoms with E-state index in [2.05, 4.69) is 36.0 Å². The van der Waals surface area contributed by atoms with Gasteiger partial charge in [0.2, 0.25) is 0 Å². The van der Waals surface area contributed by atoms with Crippen LogP contribution in [0, 0.1) is 20.8 Å². The second-order valence-corrected chi connectivity index (χ2v) is 8.53. The zero-order chi connectivity index (χ0) is 20.4. The van der Waals surface area contributed by atoms with Crippen molar-refractivity contribution in [2.45, 2.75) is 40.7 Å². The molecule has 0 unspecified atom stereocenters. The summed E-state index contributed by atoms with van der Waals surface area (Å²) in [4.78, 5) is 22.1. The number of amides is 1. The Balaban J connectivity index is 1.98. The minimum absolute atomic E-state index is 0.0810. The van der Waals surface area contributed by atoms with Crippen molar-refractivity contribution >= 4 is 32.6 Å². The lowest BCUT2D eigenvalue weighted by Gasteiger charge is -2.20. The van der Waals surface area contributed by atoms with Crippen LogP contribution >= 0.6 is 11.3 Å². The van der Waals surface area contributed by atoms with Crippen molar-refractivity contribution in [1.29, 1.82) is 0 Å². The summed E-state index contributed by atoms with van der Waals surface area (Å²) in [5, 5.41) is 5.24. The molecule has 150 valence electrons. The maximum Gasteiger partial charge on any atom is 0.280 e.